The van der Waals surface area contributed by atoms with Crippen LogP contribution in [0.3, 0.4) is 0 Å². The Balaban J connectivity index is 4.13. The van der Waals surface area contributed by atoms with Crippen LogP contribution in [0.5, 0.6) is 0 Å². The van der Waals surface area contributed by atoms with Crippen molar-refractivity contribution >= 4 is 6.03 Å². The summed E-state index contributed by atoms with van der Waals surface area (Å²) in [7, 11) is 4.40. The van der Waals surface area contributed by atoms with Gasteiger partial charge in [0.15, 0.2) is 5.88 Å². The van der Waals surface area contributed by atoms with E-state index in [1.165, 1.54) is 26.1 Å². The van der Waals surface area contributed by atoms with Gasteiger partial charge >= 0.3 is 6.03 Å². The number of ether oxygens (including phenoxy) is 1. The fourth-order valence-electron chi connectivity index (χ4n) is 0.480. The van der Waals surface area contributed by atoms with E-state index in [0.717, 1.165) is 5.01 Å². The first kappa shape index (κ1) is 9.77. The molecule has 64 valence electrons. The molecule has 0 aromatic rings. The zero-order valence-corrected chi connectivity index (χ0v) is 7.00. The van der Waals surface area contributed by atoms with E-state index < -0.39 is 0 Å². The van der Waals surface area contributed by atoms with Gasteiger partial charge in [-0.05, 0) is 6.58 Å². The number of nitrogens with zero attached hydrogens (tertiary/aromatic N) is 2. The van der Waals surface area contributed by atoms with E-state index in [0.29, 0.717) is 0 Å². The van der Waals surface area contributed by atoms with Crippen molar-refractivity contribution in [3.8, 4) is 0 Å². The number of amides is 2. The lowest BCUT2D eigenvalue weighted by atomic mass is 10.7. The van der Waals surface area contributed by atoms with E-state index in [2.05, 4.69) is 6.58 Å². The van der Waals surface area contributed by atoms with Gasteiger partial charge < -0.3 is 4.74 Å². The third kappa shape index (κ3) is 2.46. The second-order valence-corrected chi connectivity index (χ2v) is 2.05. The lowest BCUT2D eigenvalue weighted by molar-refractivity contribution is 0.145. The predicted octanol–water partition coefficient (Wildman–Crippen LogP) is -0.0387. The maximum absolute atomic E-state index is 11.0. The van der Waals surface area contributed by atoms with Crippen molar-refractivity contribution in [3.63, 3.8) is 0 Å². The molecule has 0 aromatic carbocycles. The molecule has 2 amide bonds. The zero-order valence-electron chi connectivity index (χ0n) is 7.00. The standard InChI is InChI=1S/C6H13N3O2/c1-5(11-4)8(2)6(10)9(3)7/h1,7H2,2-4H3. The molecule has 0 unspecified atom stereocenters. The van der Waals surface area contributed by atoms with Crippen LogP contribution in [0.2, 0.25) is 0 Å². The van der Waals surface area contributed by atoms with Gasteiger partial charge in [-0.3, -0.25) is 9.91 Å². The van der Waals surface area contributed by atoms with Crippen LogP contribution in [0, 0.1) is 0 Å². The van der Waals surface area contributed by atoms with E-state index in [1.807, 2.05) is 0 Å². The molecule has 0 fully saturated rings. The Bertz CT molecular complexity index is 167. The van der Waals surface area contributed by atoms with Crippen LogP contribution in [-0.4, -0.2) is 37.1 Å². The number of carbonyl (C=O) groups excluding carboxylic acids is 1. The molecule has 0 atom stereocenters. The number of methoxy groups -OCH3 is 1. The SMILES string of the molecule is C=C(OC)N(C)C(=O)N(C)N. The normalized spacial score (nSPS) is 8.73. The largest absolute Gasteiger partial charge is 0.482 e. The monoisotopic (exact) mass is 159 g/mol. The minimum absolute atomic E-state index is 0.257. The Hall–Kier alpha value is -1.23. The minimum atomic E-state index is -0.378. The van der Waals surface area contributed by atoms with Gasteiger partial charge in [0.1, 0.15) is 0 Å². The summed E-state index contributed by atoms with van der Waals surface area (Å²) in [5.74, 6) is 5.43. The highest BCUT2D eigenvalue weighted by atomic mass is 16.5. The summed E-state index contributed by atoms with van der Waals surface area (Å²) >= 11 is 0. The Morgan fingerprint density at radius 1 is 1.55 bits per heavy atom. The van der Waals surface area contributed by atoms with E-state index in [1.54, 1.807) is 0 Å². The highest BCUT2D eigenvalue weighted by Gasteiger charge is 2.13. The quantitative estimate of drug-likeness (QED) is 0.266. The molecule has 11 heavy (non-hydrogen) atoms. The van der Waals surface area contributed by atoms with E-state index in [4.69, 9.17) is 10.6 Å². The second kappa shape index (κ2) is 3.82. The van der Waals surface area contributed by atoms with E-state index in [-0.39, 0.29) is 11.9 Å². The van der Waals surface area contributed by atoms with Crippen molar-refractivity contribution in [2.75, 3.05) is 21.2 Å². The van der Waals surface area contributed by atoms with Gasteiger partial charge in [-0.25, -0.2) is 10.6 Å². The van der Waals surface area contributed by atoms with Crippen molar-refractivity contribution in [1.29, 1.82) is 0 Å². The van der Waals surface area contributed by atoms with Gasteiger partial charge in [-0.1, -0.05) is 0 Å². The number of urea groups is 1. The van der Waals surface area contributed by atoms with Gasteiger partial charge in [0.05, 0.1) is 7.11 Å². The summed E-state index contributed by atoms with van der Waals surface area (Å²) in [6, 6.07) is -0.378. The van der Waals surface area contributed by atoms with Gasteiger partial charge in [-0.2, -0.15) is 0 Å². The summed E-state index contributed by atoms with van der Waals surface area (Å²) in [5.41, 5.74) is 0. The van der Waals surface area contributed by atoms with Crippen LogP contribution in [0.25, 0.3) is 0 Å². The predicted molar refractivity (Wildman–Crippen MR) is 41.3 cm³/mol. The average molecular weight is 159 g/mol. The van der Waals surface area contributed by atoms with Gasteiger partial charge in [-0.15, -0.1) is 0 Å². The van der Waals surface area contributed by atoms with E-state index in [9.17, 15) is 4.79 Å². The third-order valence-corrected chi connectivity index (χ3v) is 1.20. The molecule has 0 bridgehead atoms. The number of nitrogens with two attached hydrogens (primary N) is 1. The minimum Gasteiger partial charge on any atom is -0.482 e. The number of hydrazine groups is 1. The lowest BCUT2D eigenvalue weighted by Gasteiger charge is -2.21. The van der Waals surface area contributed by atoms with E-state index >= 15 is 0 Å². The first-order chi connectivity index (χ1) is 5.00. The van der Waals surface area contributed by atoms with Crippen LogP contribution in [-0.2, 0) is 4.74 Å². The second-order valence-electron chi connectivity index (χ2n) is 2.05. The molecule has 0 aliphatic heterocycles. The Labute approximate surface area is 66.0 Å². The molecule has 0 aromatic heterocycles. The van der Waals surface area contributed by atoms with Crippen LogP contribution < -0.4 is 5.84 Å². The molecule has 5 heteroatoms. The number of carbonyl (C=O) groups is 1. The summed E-state index contributed by atoms with van der Waals surface area (Å²) in [6.07, 6.45) is 0. The van der Waals surface area contributed by atoms with Crippen LogP contribution >= 0.6 is 0 Å². The summed E-state index contributed by atoms with van der Waals surface area (Å²) in [6.45, 7) is 3.48. The van der Waals surface area contributed by atoms with Gasteiger partial charge in [0.2, 0.25) is 0 Å². The fraction of sp³-hybridized carbons (Fsp3) is 0.500. The van der Waals surface area contributed by atoms with Crippen LogP contribution in [0.4, 0.5) is 4.79 Å². The molecule has 0 rings (SSSR count). The van der Waals surface area contributed by atoms with Crippen molar-refractivity contribution in [1.82, 2.24) is 9.91 Å². The average Bonchev–Trinajstić information content (AvgIpc) is 2.00. The molecular weight excluding hydrogens is 146 g/mol. The molecule has 0 heterocycles. The molecule has 0 saturated carbocycles. The Morgan fingerprint density at radius 3 is 2.27 bits per heavy atom. The molecule has 0 aliphatic rings. The Morgan fingerprint density at radius 2 is 2.00 bits per heavy atom. The lowest BCUT2D eigenvalue weighted by Crippen LogP contribution is -2.42. The highest BCUT2D eigenvalue weighted by Crippen LogP contribution is 1.99. The summed E-state index contributed by atoms with van der Waals surface area (Å²) in [5, 5.41) is 0.949. The van der Waals surface area contributed by atoms with Crippen LogP contribution in [0.15, 0.2) is 12.5 Å². The first-order valence-electron chi connectivity index (χ1n) is 2.99. The molecule has 0 saturated heterocycles. The number of hydrogen-bond acceptors (Lipinski definition) is 3. The highest BCUT2D eigenvalue weighted by molar-refractivity contribution is 5.74. The summed E-state index contributed by atoms with van der Waals surface area (Å²) < 4.78 is 4.71. The Kier molecular flexibility index (Phi) is 3.39. The topological polar surface area (TPSA) is 58.8 Å². The first-order valence-corrected chi connectivity index (χ1v) is 2.99. The molecular formula is C6H13N3O2. The maximum atomic E-state index is 11.0. The molecule has 0 aliphatic carbocycles. The molecule has 5 nitrogen and oxygen atoms in total. The van der Waals surface area contributed by atoms with Gasteiger partial charge in [0, 0.05) is 14.1 Å². The van der Waals surface area contributed by atoms with Crippen molar-refractivity contribution in [2.45, 2.75) is 0 Å². The maximum Gasteiger partial charge on any atom is 0.340 e. The smallest absolute Gasteiger partial charge is 0.340 e. The molecule has 0 spiro atoms. The van der Waals surface area contributed by atoms with Crippen molar-refractivity contribution in [2.24, 2.45) is 5.84 Å². The fourth-order valence-corrected chi connectivity index (χ4v) is 0.480. The third-order valence-electron chi connectivity index (χ3n) is 1.20. The number of hydrogen-bond donors (Lipinski definition) is 1. The van der Waals surface area contributed by atoms with Crippen molar-refractivity contribution < 1.29 is 9.53 Å². The summed E-state index contributed by atoms with van der Waals surface area (Å²) in [4.78, 5) is 12.2. The number of rotatable bonds is 2. The van der Waals surface area contributed by atoms with Crippen molar-refractivity contribution in [3.05, 3.63) is 12.5 Å². The van der Waals surface area contributed by atoms with Gasteiger partial charge in [0.25, 0.3) is 0 Å². The molecule has 0 radical (unpaired) electrons. The molecule has 2 N–H and O–H groups in total. The zero-order chi connectivity index (χ0) is 9.02. The van der Waals surface area contributed by atoms with Crippen LogP contribution in [0.1, 0.15) is 0 Å².